The predicted molar refractivity (Wildman–Crippen MR) is 65.8 cm³/mol. The van der Waals surface area contributed by atoms with Crippen LogP contribution in [0.1, 0.15) is 4.88 Å². The topological polar surface area (TPSA) is 37.8 Å². The van der Waals surface area contributed by atoms with Crippen LogP contribution < -0.4 is 5.32 Å². The summed E-state index contributed by atoms with van der Waals surface area (Å²) in [4.78, 5) is 1.16. The van der Waals surface area contributed by atoms with Crippen LogP contribution in [0.25, 0.3) is 11.3 Å². The summed E-state index contributed by atoms with van der Waals surface area (Å²) in [6, 6.07) is 8.05. The molecule has 0 radical (unpaired) electrons. The molecule has 2 rings (SSSR count). The molecule has 0 aliphatic heterocycles. The number of hydrogen-bond acceptors (Lipinski definition) is 4. The second kappa shape index (κ2) is 4.83. The number of halogens is 1. The van der Waals surface area contributed by atoms with Crippen LogP contribution in [0.5, 0.6) is 0 Å². The van der Waals surface area contributed by atoms with Gasteiger partial charge in [-0.15, -0.1) is 5.10 Å². The molecule has 78 valence electrons. The van der Waals surface area contributed by atoms with Gasteiger partial charge in [0.05, 0.1) is 4.88 Å². The smallest absolute Gasteiger partial charge is 0.111 e. The molecule has 15 heavy (non-hydrogen) atoms. The van der Waals surface area contributed by atoms with Crippen molar-refractivity contribution in [3.05, 3.63) is 33.6 Å². The zero-order valence-corrected chi connectivity index (χ0v) is 10.6. The van der Waals surface area contributed by atoms with Gasteiger partial charge in [0.1, 0.15) is 5.69 Å². The quantitative estimate of drug-likeness (QED) is 0.941. The monoisotopic (exact) mass is 283 g/mol. The molecule has 0 bridgehead atoms. The highest BCUT2D eigenvalue weighted by Crippen LogP contribution is 2.30. The summed E-state index contributed by atoms with van der Waals surface area (Å²) in [5.74, 6) is 0. The molecule has 0 aliphatic carbocycles. The van der Waals surface area contributed by atoms with Gasteiger partial charge in [-0.2, -0.15) is 0 Å². The van der Waals surface area contributed by atoms with Crippen LogP contribution in [0.2, 0.25) is 0 Å². The SMILES string of the molecule is CNCc1snnc1-c1ccccc1Br. The van der Waals surface area contributed by atoms with Gasteiger partial charge >= 0.3 is 0 Å². The van der Waals surface area contributed by atoms with E-state index in [1.165, 1.54) is 11.5 Å². The highest BCUT2D eigenvalue weighted by molar-refractivity contribution is 9.10. The van der Waals surface area contributed by atoms with E-state index in [0.29, 0.717) is 0 Å². The molecule has 0 fully saturated rings. The molecule has 0 aliphatic rings. The molecule has 1 aromatic carbocycles. The first-order valence-electron chi connectivity index (χ1n) is 4.53. The summed E-state index contributed by atoms with van der Waals surface area (Å²) in [6.45, 7) is 0.800. The van der Waals surface area contributed by atoms with E-state index in [1.54, 1.807) is 0 Å². The number of nitrogens with one attached hydrogen (secondary N) is 1. The number of aromatic nitrogens is 2. The summed E-state index contributed by atoms with van der Waals surface area (Å²) >= 11 is 4.95. The molecule has 0 spiro atoms. The van der Waals surface area contributed by atoms with Gasteiger partial charge in [0.2, 0.25) is 0 Å². The summed E-state index contributed by atoms with van der Waals surface area (Å²) < 4.78 is 5.04. The van der Waals surface area contributed by atoms with E-state index < -0.39 is 0 Å². The lowest BCUT2D eigenvalue weighted by atomic mass is 10.1. The molecule has 1 aromatic heterocycles. The Bertz CT molecular complexity index is 455. The molecule has 1 heterocycles. The Kier molecular flexibility index (Phi) is 3.45. The molecule has 0 amide bonds. The standard InChI is InChI=1S/C10H10BrN3S/c1-12-6-9-10(13-14-15-9)7-4-2-3-5-8(7)11/h2-5,12H,6H2,1H3. The third-order valence-electron chi connectivity index (χ3n) is 2.02. The van der Waals surface area contributed by atoms with Crippen LogP contribution in [-0.2, 0) is 6.54 Å². The van der Waals surface area contributed by atoms with Gasteiger partial charge in [-0.3, -0.25) is 0 Å². The maximum atomic E-state index is 4.16. The predicted octanol–water partition coefficient (Wildman–Crippen LogP) is 2.69. The molecule has 5 heteroatoms. The zero-order valence-electron chi connectivity index (χ0n) is 8.20. The van der Waals surface area contributed by atoms with Gasteiger partial charge in [0.15, 0.2) is 0 Å². The maximum absolute atomic E-state index is 4.16. The van der Waals surface area contributed by atoms with Crippen molar-refractivity contribution in [3.63, 3.8) is 0 Å². The molecular weight excluding hydrogens is 274 g/mol. The normalized spacial score (nSPS) is 10.5. The van der Waals surface area contributed by atoms with E-state index in [2.05, 4.69) is 30.8 Å². The van der Waals surface area contributed by atoms with Crippen molar-refractivity contribution in [1.29, 1.82) is 0 Å². The van der Waals surface area contributed by atoms with Crippen molar-refractivity contribution in [2.24, 2.45) is 0 Å². The number of rotatable bonds is 3. The molecule has 3 nitrogen and oxygen atoms in total. The summed E-state index contributed by atoms with van der Waals surface area (Å²) in [5.41, 5.74) is 2.05. The molecule has 0 atom stereocenters. The van der Waals surface area contributed by atoms with Crippen LogP contribution >= 0.6 is 27.5 Å². The van der Waals surface area contributed by atoms with Crippen molar-refractivity contribution in [1.82, 2.24) is 14.9 Å². The summed E-state index contributed by atoms with van der Waals surface area (Å²) in [6.07, 6.45) is 0. The Morgan fingerprint density at radius 2 is 2.20 bits per heavy atom. The largest absolute Gasteiger partial charge is 0.315 e. The van der Waals surface area contributed by atoms with Crippen LogP contribution in [0.15, 0.2) is 28.7 Å². The molecule has 0 saturated carbocycles. The van der Waals surface area contributed by atoms with E-state index >= 15 is 0 Å². The van der Waals surface area contributed by atoms with Crippen LogP contribution in [0.4, 0.5) is 0 Å². The zero-order chi connectivity index (χ0) is 10.7. The van der Waals surface area contributed by atoms with Crippen LogP contribution in [0, 0.1) is 0 Å². The van der Waals surface area contributed by atoms with E-state index in [4.69, 9.17) is 0 Å². The first kappa shape index (κ1) is 10.7. The van der Waals surface area contributed by atoms with Crippen molar-refractivity contribution >= 4 is 27.5 Å². The first-order valence-corrected chi connectivity index (χ1v) is 6.10. The lowest BCUT2D eigenvalue weighted by Gasteiger charge is -2.02. The molecular formula is C10H10BrN3S. The van der Waals surface area contributed by atoms with E-state index in [0.717, 1.165) is 27.2 Å². The Labute approximate surface area is 101 Å². The van der Waals surface area contributed by atoms with Crippen LogP contribution in [0.3, 0.4) is 0 Å². The van der Waals surface area contributed by atoms with Crippen molar-refractivity contribution in [2.75, 3.05) is 7.05 Å². The first-order chi connectivity index (χ1) is 7.33. The van der Waals surface area contributed by atoms with Crippen molar-refractivity contribution < 1.29 is 0 Å². The lowest BCUT2D eigenvalue weighted by molar-refractivity contribution is 0.830. The minimum absolute atomic E-state index is 0.800. The van der Waals surface area contributed by atoms with Crippen molar-refractivity contribution in [3.8, 4) is 11.3 Å². The van der Waals surface area contributed by atoms with Gasteiger partial charge in [-0.25, -0.2) is 0 Å². The van der Waals surface area contributed by atoms with Gasteiger partial charge in [0, 0.05) is 16.6 Å². The minimum Gasteiger partial charge on any atom is -0.315 e. The number of benzene rings is 1. The van der Waals surface area contributed by atoms with E-state index in [9.17, 15) is 0 Å². The Morgan fingerprint density at radius 1 is 1.40 bits per heavy atom. The fourth-order valence-electron chi connectivity index (χ4n) is 1.34. The second-order valence-electron chi connectivity index (χ2n) is 3.05. The highest BCUT2D eigenvalue weighted by Gasteiger charge is 2.11. The van der Waals surface area contributed by atoms with Gasteiger partial charge in [0.25, 0.3) is 0 Å². The van der Waals surface area contributed by atoms with Crippen molar-refractivity contribution in [2.45, 2.75) is 6.54 Å². The van der Waals surface area contributed by atoms with E-state index in [1.807, 2.05) is 31.3 Å². The molecule has 0 saturated heterocycles. The van der Waals surface area contributed by atoms with Gasteiger partial charge < -0.3 is 5.32 Å². The average molecular weight is 284 g/mol. The van der Waals surface area contributed by atoms with E-state index in [-0.39, 0.29) is 0 Å². The maximum Gasteiger partial charge on any atom is 0.111 e. The third kappa shape index (κ3) is 2.25. The lowest BCUT2D eigenvalue weighted by Crippen LogP contribution is -2.04. The Morgan fingerprint density at radius 3 is 2.93 bits per heavy atom. The second-order valence-corrected chi connectivity index (χ2v) is 4.75. The third-order valence-corrected chi connectivity index (χ3v) is 3.44. The van der Waals surface area contributed by atoms with Crippen LogP contribution in [-0.4, -0.2) is 16.6 Å². The number of nitrogens with zero attached hydrogens (tertiary/aromatic N) is 2. The number of hydrogen-bond donors (Lipinski definition) is 1. The fourth-order valence-corrected chi connectivity index (χ4v) is 2.48. The molecule has 1 N–H and O–H groups in total. The highest BCUT2D eigenvalue weighted by atomic mass is 79.9. The van der Waals surface area contributed by atoms with Gasteiger partial charge in [-0.1, -0.05) is 38.6 Å². The molecule has 2 aromatic rings. The van der Waals surface area contributed by atoms with Gasteiger partial charge in [-0.05, 0) is 24.6 Å². The minimum atomic E-state index is 0.800. The average Bonchev–Trinajstić information content (AvgIpc) is 2.67. The Balaban J connectivity index is 2.45. The fraction of sp³-hybridized carbons (Fsp3) is 0.200. The summed E-state index contributed by atoms with van der Waals surface area (Å²) in [5, 5.41) is 7.28. The Hall–Kier alpha value is -0.780. The molecule has 0 unspecified atom stereocenters. The summed E-state index contributed by atoms with van der Waals surface area (Å²) in [7, 11) is 1.92.